The molecule has 6 heteroatoms. The van der Waals surface area contributed by atoms with Crippen molar-refractivity contribution in [2.24, 2.45) is 0 Å². The lowest BCUT2D eigenvalue weighted by Crippen LogP contribution is -2.41. The summed E-state index contributed by atoms with van der Waals surface area (Å²) in [7, 11) is -3.84. The van der Waals surface area contributed by atoms with Gasteiger partial charge in [-0.25, -0.2) is 13.2 Å². The first-order chi connectivity index (χ1) is 8.53. The zero-order valence-corrected chi connectivity index (χ0v) is 10.1. The van der Waals surface area contributed by atoms with E-state index >= 15 is 0 Å². The molecular weight excluding hydrogens is 254 g/mol. The van der Waals surface area contributed by atoms with Crippen LogP contribution in [0.1, 0.15) is 0 Å². The smallest absolute Gasteiger partial charge is 0.331 e. The number of carboxylic acids is 1. The Morgan fingerprint density at radius 3 is 2.44 bits per heavy atom. The molecule has 0 spiro atoms. The molecule has 18 heavy (non-hydrogen) atoms. The Balaban J connectivity index is 2.44. The maximum atomic E-state index is 12.3. The standard InChI is InChI=1S/C12H11NO4S/c14-12(15)11-8-4-5-9-13(11)18(16,17)10-6-2-1-3-7-10/h1-9,11H,(H,14,15). The Hall–Kier alpha value is -2.08. The quantitative estimate of drug-likeness (QED) is 0.891. The molecule has 0 bridgehead atoms. The van der Waals surface area contributed by atoms with E-state index in [9.17, 15) is 13.2 Å². The third kappa shape index (κ3) is 2.14. The van der Waals surface area contributed by atoms with Gasteiger partial charge in [0.15, 0.2) is 6.04 Å². The number of sulfonamides is 1. The average Bonchev–Trinajstić information content (AvgIpc) is 2.39. The van der Waals surface area contributed by atoms with Crippen molar-refractivity contribution in [3.05, 3.63) is 54.8 Å². The van der Waals surface area contributed by atoms with Crippen LogP contribution in [-0.4, -0.2) is 29.8 Å². The van der Waals surface area contributed by atoms with Crippen LogP contribution in [-0.2, 0) is 14.8 Å². The van der Waals surface area contributed by atoms with Crippen LogP contribution in [0.15, 0.2) is 59.7 Å². The molecule has 94 valence electrons. The second-order valence-corrected chi connectivity index (χ2v) is 5.50. The van der Waals surface area contributed by atoms with Crippen LogP contribution in [0.3, 0.4) is 0 Å². The summed E-state index contributed by atoms with van der Waals surface area (Å²) < 4.78 is 25.4. The summed E-state index contributed by atoms with van der Waals surface area (Å²) in [5.74, 6) is -1.21. The summed E-state index contributed by atoms with van der Waals surface area (Å²) in [5.41, 5.74) is 0. The maximum Gasteiger partial charge on any atom is 0.331 e. The molecule has 0 fully saturated rings. The predicted molar refractivity (Wildman–Crippen MR) is 65.2 cm³/mol. The van der Waals surface area contributed by atoms with E-state index in [2.05, 4.69) is 0 Å². The fourth-order valence-corrected chi connectivity index (χ4v) is 3.05. The van der Waals surface area contributed by atoms with Gasteiger partial charge in [0.2, 0.25) is 0 Å². The van der Waals surface area contributed by atoms with Gasteiger partial charge in [-0.2, -0.15) is 0 Å². The number of benzene rings is 1. The third-order valence-corrected chi connectivity index (χ3v) is 4.26. The van der Waals surface area contributed by atoms with Crippen molar-refractivity contribution < 1.29 is 18.3 Å². The van der Waals surface area contributed by atoms with Crippen LogP contribution in [0.4, 0.5) is 0 Å². The zero-order valence-electron chi connectivity index (χ0n) is 9.30. The highest BCUT2D eigenvalue weighted by Crippen LogP contribution is 2.21. The minimum Gasteiger partial charge on any atom is -0.479 e. The Labute approximate surface area is 105 Å². The van der Waals surface area contributed by atoms with Gasteiger partial charge in [0.25, 0.3) is 10.0 Å². The van der Waals surface area contributed by atoms with Crippen LogP contribution in [0.2, 0.25) is 0 Å². The van der Waals surface area contributed by atoms with Crippen LogP contribution >= 0.6 is 0 Å². The van der Waals surface area contributed by atoms with Gasteiger partial charge >= 0.3 is 5.97 Å². The number of allylic oxidation sites excluding steroid dienone is 2. The van der Waals surface area contributed by atoms with Gasteiger partial charge in [-0.3, -0.25) is 4.31 Å². The van der Waals surface area contributed by atoms with Crippen LogP contribution in [0, 0.1) is 0 Å². The van der Waals surface area contributed by atoms with Gasteiger partial charge < -0.3 is 5.11 Å². The van der Waals surface area contributed by atoms with Gasteiger partial charge in [-0.05, 0) is 24.3 Å². The number of hydrogen-bond acceptors (Lipinski definition) is 3. The van der Waals surface area contributed by atoms with Crippen LogP contribution in [0.5, 0.6) is 0 Å². The number of hydrogen-bond donors (Lipinski definition) is 1. The SMILES string of the molecule is O=C(O)C1C=CC=CN1S(=O)(=O)c1ccccc1. The van der Waals surface area contributed by atoms with E-state index in [1.807, 2.05) is 0 Å². The summed E-state index contributed by atoms with van der Waals surface area (Å²) in [5, 5.41) is 9.03. The lowest BCUT2D eigenvalue weighted by atomic mass is 10.2. The molecule has 0 saturated heterocycles. The monoisotopic (exact) mass is 265 g/mol. The molecular formula is C12H11NO4S. The highest BCUT2D eigenvalue weighted by atomic mass is 32.2. The van der Waals surface area contributed by atoms with Crippen molar-refractivity contribution in [3.63, 3.8) is 0 Å². The highest BCUT2D eigenvalue weighted by Gasteiger charge is 2.32. The summed E-state index contributed by atoms with van der Waals surface area (Å²) in [4.78, 5) is 11.1. The lowest BCUT2D eigenvalue weighted by Gasteiger charge is -2.26. The molecule has 1 atom stereocenters. The van der Waals surface area contributed by atoms with Gasteiger partial charge in [-0.15, -0.1) is 0 Å². The fraction of sp³-hybridized carbons (Fsp3) is 0.0833. The molecule has 0 saturated carbocycles. The molecule has 0 radical (unpaired) electrons. The van der Waals surface area contributed by atoms with Crippen molar-refractivity contribution in [1.29, 1.82) is 0 Å². The molecule has 1 heterocycles. The summed E-state index contributed by atoms with van der Waals surface area (Å²) in [6.45, 7) is 0. The predicted octanol–water partition coefficient (Wildman–Crippen LogP) is 1.21. The first-order valence-corrected chi connectivity index (χ1v) is 6.64. The Bertz CT molecular complexity index is 604. The van der Waals surface area contributed by atoms with E-state index in [1.54, 1.807) is 18.2 Å². The van der Waals surface area contributed by atoms with E-state index in [0.717, 1.165) is 4.31 Å². The molecule has 0 amide bonds. The van der Waals surface area contributed by atoms with E-state index in [0.29, 0.717) is 0 Å². The normalized spacial score (nSPS) is 18.9. The van der Waals surface area contributed by atoms with Crippen molar-refractivity contribution in [3.8, 4) is 0 Å². The topological polar surface area (TPSA) is 74.7 Å². The van der Waals surface area contributed by atoms with Crippen LogP contribution < -0.4 is 0 Å². The Kier molecular flexibility index (Phi) is 3.20. The first kappa shape index (κ1) is 12.4. The number of aliphatic carboxylic acids is 1. The van der Waals surface area contributed by atoms with E-state index in [-0.39, 0.29) is 4.90 Å². The minimum absolute atomic E-state index is 0.0659. The Morgan fingerprint density at radius 2 is 1.83 bits per heavy atom. The molecule has 1 aromatic carbocycles. The van der Waals surface area contributed by atoms with E-state index in [4.69, 9.17) is 5.11 Å². The van der Waals surface area contributed by atoms with Gasteiger partial charge in [0.1, 0.15) is 0 Å². The average molecular weight is 265 g/mol. The van der Waals surface area contributed by atoms with E-state index in [1.165, 1.54) is 36.6 Å². The molecule has 5 nitrogen and oxygen atoms in total. The summed E-state index contributed by atoms with van der Waals surface area (Å²) >= 11 is 0. The van der Waals surface area contributed by atoms with E-state index < -0.39 is 22.0 Å². The number of nitrogens with zero attached hydrogens (tertiary/aromatic N) is 1. The minimum atomic E-state index is -3.84. The molecule has 1 N–H and O–H groups in total. The zero-order chi connectivity index (χ0) is 13.2. The number of carboxylic acid groups (broad SMARTS) is 1. The number of carbonyl (C=O) groups is 1. The molecule has 1 aromatic rings. The molecule has 1 aliphatic rings. The molecule has 1 aliphatic heterocycles. The summed E-state index contributed by atoms with van der Waals surface area (Å²) in [6, 6.07) is 6.53. The van der Waals surface area contributed by atoms with Crippen LogP contribution in [0.25, 0.3) is 0 Å². The van der Waals surface area contributed by atoms with Gasteiger partial charge in [-0.1, -0.05) is 24.3 Å². The molecule has 1 unspecified atom stereocenters. The fourth-order valence-electron chi connectivity index (χ4n) is 1.62. The lowest BCUT2D eigenvalue weighted by molar-refractivity contribution is -0.139. The third-order valence-electron chi connectivity index (χ3n) is 2.48. The largest absolute Gasteiger partial charge is 0.479 e. The van der Waals surface area contributed by atoms with Gasteiger partial charge in [0, 0.05) is 6.20 Å². The molecule has 0 aliphatic carbocycles. The second-order valence-electron chi connectivity index (χ2n) is 3.66. The van der Waals surface area contributed by atoms with Gasteiger partial charge in [0.05, 0.1) is 4.90 Å². The molecule has 0 aromatic heterocycles. The maximum absolute atomic E-state index is 12.3. The first-order valence-electron chi connectivity index (χ1n) is 5.20. The second kappa shape index (κ2) is 4.66. The Morgan fingerprint density at radius 1 is 1.17 bits per heavy atom. The van der Waals surface area contributed by atoms with Crippen molar-refractivity contribution in [1.82, 2.24) is 4.31 Å². The number of rotatable bonds is 3. The van der Waals surface area contributed by atoms with Crippen molar-refractivity contribution in [2.75, 3.05) is 0 Å². The highest BCUT2D eigenvalue weighted by molar-refractivity contribution is 7.89. The van der Waals surface area contributed by atoms with Crippen molar-refractivity contribution in [2.45, 2.75) is 10.9 Å². The summed E-state index contributed by atoms with van der Waals surface area (Å²) in [6.07, 6.45) is 5.57. The van der Waals surface area contributed by atoms with Crippen molar-refractivity contribution >= 4 is 16.0 Å². The molecule has 2 rings (SSSR count).